The molecule has 3 rings (SSSR count). The average molecular weight is 347 g/mol. The Morgan fingerprint density at radius 1 is 0.760 bits per heavy atom. The molecule has 0 N–H and O–H groups in total. The summed E-state index contributed by atoms with van der Waals surface area (Å²) in [7, 11) is -2.16. The molecule has 0 aliphatic carbocycles. The van der Waals surface area contributed by atoms with E-state index in [2.05, 4.69) is 43.0 Å². The minimum Gasteiger partial charge on any atom is -0.432 e. The molecule has 0 saturated heterocycles. The van der Waals surface area contributed by atoms with E-state index >= 15 is 0 Å². The molecule has 2 nitrogen and oxygen atoms in total. The molecule has 0 atom stereocenters. The summed E-state index contributed by atoms with van der Waals surface area (Å²) in [6.07, 6.45) is 1.51. The first-order chi connectivity index (χ1) is 12.3. The lowest BCUT2D eigenvalue weighted by molar-refractivity contribution is -0.134. The van der Waals surface area contributed by atoms with E-state index in [0.717, 1.165) is 15.9 Å². The van der Waals surface area contributed by atoms with Gasteiger partial charge in [-0.2, -0.15) is 0 Å². The molecule has 0 spiro atoms. The van der Waals surface area contributed by atoms with Gasteiger partial charge in [-0.15, -0.1) is 0 Å². The molecule has 0 amide bonds. The molecule has 124 valence electrons. The van der Waals surface area contributed by atoms with Crippen LogP contribution in [0.2, 0.25) is 0 Å². The van der Waals surface area contributed by atoms with Crippen LogP contribution in [0.15, 0.2) is 104 Å². The Labute approximate surface area is 149 Å². The number of hydrogen-bond donors (Lipinski definition) is 0. The summed E-state index contributed by atoms with van der Waals surface area (Å²) in [5.74, 6) is -0.264. The molecule has 0 saturated carbocycles. The summed E-state index contributed by atoms with van der Waals surface area (Å²) in [4.78, 5) is 12.5. The number of carbonyl (C=O) groups is 1. The van der Waals surface area contributed by atoms with Gasteiger partial charge in [0.2, 0.25) is 0 Å². The molecular formula is C22H20O2P+. The first-order valence-electron chi connectivity index (χ1n) is 8.12. The molecule has 0 aliphatic heterocycles. The normalized spacial score (nSPS) is 10.9. The largest absolute Gasteiger partial charge is 0.432 e. The second-order valence-electron chi connectivity index (χ2n) is 5.63. The van der Waals surface area contributed by atoms with Crippen molar-refractivity contribution in [3.63, 3.8) is 0 Å². The Morgan fingerprint density at radius 3 is 1.44 bits per heavy atom. The highest BCUT2D eigenvalue weighted by molar-refractivity contribution is 7.96. The maximum Gasteiger partial charge on any atom is 0.349 e. The van der Waals surface area contributed by atoms with Crippen molar-refractivity contribution in [2.45, 2.75) is 0 Å². The molecule has 25 heavy (non-hydrogen) atoms. The van der Waals surface area contributed by atoms with Crippen LogP contribution in [0.1, 0.15) is 0 Å². The molecule has 0 aliphatic rings. The van der Waals surface area contributed by atoms with E-state index < -0.39 is 7.26 Å². The smallest absolute Gasteiger partial charge is 0.349 e. The monoisotopic (exact) mass is 347 g/mol. The molecule has 0 unspecified atom stereocenters. The number of rotatable bonds is 6. The van der Waals surface area contributed by atoms with Gasteiger partial charge in [-0.25, -0.2) is 4.79 Å². The van der Waals surface area contributed by atoms with Gasteiger partial charge in [0, 0.05) is 0 Å². The van der Waals surface area contributed by atoms with Crippen molar-refractivity contribution in [2.24, 2.45) is 0 Å². The first kappa shape index (κ1) is 17.1. The predicted molar refractivity (Wildman–Crippen MR) is 106 cm³/mol. The molecule has 3 aromatic carbocycles. The summed E-state index contributed by atoms with van der Waals surface area (Å²) < 4.78 is 5.11. The Hall–Kier alpha value is -2.70. The van der Waals surface area contributed by atoms with E-state index in [1.165, 1.54) is 6.26 Å². The average Bonchev–Trinajstić information content (AvgIpc) is 2.68. The molecule has 3 heteroatoms. The fourth-order valence-electron chi connectivity index (χ4n) is 3.09. The van der Waals surface area contributed by atoms with Crippen LogP contribution in [-0.2, 0) is 9.53 Å². The summed E-state index contributed by atoms with van der Waals surface area (Å²) in [5, 5.41) is 3.48. The van der Waals surface area contributed by atoms with Crippen molar-refractivity contribution in [1.82, 2.24) is 0 Å². The Morgan fingerprint density at radius 2 is 1.12 bits per heavy atom. The molecule has 0 radical (unpaired) electrons. The molecule has 0 bridgehead atoms. The van der Waals surface area contributed by atoms with Crippen molar-refractivity contribution >= 4 is 29.1 Å². The highest BCUT2D eigenvalue weighted by atomic mass is 31.2. The van der Waals surface area contributed by atoms with Crippen molar-refractivity contribution in [2.75, 3.05) is 6.16 Å². The van der Waals surface area contributed by atoms with Gasteiger partial charge in [-0.05, 0) is 36.4 Å². The van der Waals surface area contributed by atoms with Crippen LogP contribution >= 0.6 is 7.26 Å². The molecular weight excluding hydrogens is 327 g/mol. The standard InChI is InChI=1S/C22H20O2P/c1-2-24-22(23)18-25(19-12-6-3-7-13-19,20-14-8-4-9-15-20)21-16-10-5-11-17-21/h2-17H,1,18H2/q+1. The minimum atomic E-state index is -2.16. The van der Waals surface area contributed by atoms with Gasteiger partial charge in [-0.1, -0.05) is 61.2 Å². The third-order valence-corrected chi connectivity index (χ3v) is 8.44. The van der Waals surface area contributed by atoms with Gasteiger partial charge in [0.15, 0.2) is 6.16 Å². The quantitative estimate of drug-likeness (QED) is 0.386. The fourth-order valence-corrected chi connectivity index (χ4v) is 7.04. The van der Waals surface area contributed by atoms with Crippen molar-refractivity contribution in [3.8, 4) is 0 Å². The van der Waals surface area contributed by atoms with Gasteiger partial charge in [-0.3, -0.25) is 0 Å². The summed E-state index contributed by atoms with van der Waals surface area (Å²) in [6, 6.07) is 30.8. The highest BCUT2D eigenvalue weighted by Crippen LogP contribution is 2.55. The molecule has 0 heterocycles. The van der Waals surface area contributed by atoms with Crippen molar-refractivity contribution < 1.29 is 9.53 Å². The van der Waals surface area contributed by atoms with E-state index in [-0.39, 0.29) is 5.97 Å². The lowest BCUT2D eigenvalue weighted by atomic mass is 10.4. The summed E-state index contributed by atoms with van der Waals surface area (Å²) >= 11 is 0. The third kappa shape index (κ3) is 3.55. The lowest BCUT2D eigenvalue weighted by Crippen LogP contribution is -2.36. The minimum absolute atomic E-state index is 0.264. The SMILES string of the molecule is C=COC(=O)C[P+](c1ccccc1)(c1ccccc1)c1ccccc1. The van der Waals surface area contributed by atoms with E-state index in [0.29, 0.717) is 6.16 Å². The van der Waals surface area contributed by atoms with Crippen LogP contribution in [0.4, 0.5) is 0 Å². The predicted octanol–water partition coefficient (Wildman–Crippen LogP) is 3.67. The number of hydrogen-bond acceptors (Lipinski definition) is 2. The third-order valence-electron chi connectivity index (χ3n) is 4.17. The fraction of sp³-hybridized carbons (Fsp3) is 0.0455. The Balaban J connectivity index is 2.27. The van der Waals surface area contributed by atoms with Gasteiger partial charge in [0.1, 0.15) is 23.2 Å². The number of benzene rings is 3. The number of ether oxygens (including phenoxy) is 1. The molecule has 0 fully saturated rings. The second kappa shape index (κ2) is 7.92. The number of esters is 1. The first-order valence-corrected chi connectivity index (χ1v) is 10.1. The molecule has 3 aromatic rings. The summed E-state index contributed by atoms with van der Waals surface area (Å²) in [6.45, 7) is 3.52. The van der Waals surface area contributed by atoms with Gasteiger partial charge in [0.25, 0.3) is 0 Å². The van der Waals surface area contributed by atoms with Gasteiger partial charge in [0.05, 0.1) is 6.26 Å². The van der Waals surface area contributed by atoms with Crippen LogP contribution in [0.5, 0.6) is 0 Å². The van der Waals surface area contributed by atoms with E-state index in [9.17, 15) is 4.79 Å². The van der Waals surface area contributed by atoms with Crippen LogP contribution in [-0.4, -0.2) is 12.1 Å². The lowest BCUT2D eigenvalue weighted by Gasteiger charge is -2.26. The topological polar surface area (TPSA) is 26.3 Å². The van der Waals surface area contributed by atoms with E-state index in [4.69, 9.17) is 4.74 Å². The van der Waals surface area contributed by atoms with Crippen LogP contribution in [0.3, 0.4) is 0 Å². The summed E-state index contributed by atoms with van der Waals surface area (Å²) in [5.41, 5.74) is 0. The molecule has 0 aromatic heterocycles. The van der Waals surface area contributed by atoms with Gasteiger partial charge < -0.3 is 4.74 Å². The van der Waals surface area contributed by atoms with Crippen LogP contribution in [0.25, 0.3) is 0 Å². The van der Waals surface area contributed by atoms with E-state index in [1.807, 2.05) is 54.6 Å². The van der Waals surface area contributed by atoms with E-state index in [1.54, 1.807) is 0 Å². The van der Waals surface area contributed by atoms with Crippen molar-refractivity contribution in [3.05, 3.63) is 104 Å². The van der Waals surface area contributed by atoms with Crippen molar-refractivity contribution in [1.29, 1.82) is 0 Å². The van der Waals surface area contributed by atoms with Gasteiger partial charge >= 0.3 is 5.97 Å². The van der Waals surface area contributed by atoms with Crippen LogP contribution in [0, 0.1) is 0 Å². The second-order valence-corrected chi connectivity index (χ2v) is 9.12. The number of carbonyl (C=O) groups excluding carboxylic acids is 1. The maximum absolute atomic E-state index is 12.5. The highest BCUT2D eigenvalue weighted by Gasteiger charge is 2.47. The maximum atomic E-state index is 12.5. The Bertz CT molecular complexity index is 733. The van der Waals surface area contributed by atoms with Crippen LogP contribution < -0.4 is 15.9 Å². The zero-order valence-electron chi connectivity index (χ0n) is 13.9. The zero-order chi connectivity index (χ0) is 17.5. The zero-order valence-corrected chi connectivity index (χ0v) is 14.8. The Kier molecular flexibility index (Phi) is 5.42.